The minimum absolute atomic E-state index is 0.0332. The van der Waals surface area contributed by atoms with Gasteiger partial charge in [-0.3, -0.25) is 4.79 Å². The summed E-state index contributed by atoms with van der Waals surface area (Å²) < 4.78 is 0. The Morgan fingerprint density at radius 1 is 1.29 bits per heavy atom. The van der Waals surface area contributed by atoms with E-state index in [9.17, 15) is 4.79 Å². The molecule has 0 atom stereocenters. The van der Waals surface area contributed by atoms with E-state index in [0.717, 1.165) is 17.3 Å². The Labute approximate surface area is 127 Å². The lowest BCUT2D eigenvalue weighted by Crippen LogP contribution is -2.40. The largest absolute Gasteiger partial charge is 0.382 e. The number of hydrogen-bond donors (Lipinski definition) is 2. The molecule has 1 aromatic rings. The second-order valence-corrected chi connectivity index (χ2v) is 6.38. The van der Waals surface area contributed by atoms with Crippen molar-refractivity contribution in [2.75, 3.05) is 30.3 Å². The minimum Gasteiger partial charge on any atom is -0.382 e. The molecule has 1 saturated heterocycles. The molecule has 2 N–H and O–H groups in total. The minimum atomic E-state index is -0.0332. The van der Waals surface area contributed by atoms with Crippen LogP contribution in [0, 0.1) is 5.92 Å². The number of benzene rings is 1. The van der Waals surface area contributed by atoms with Crippen molar-refractivity contribution in [1.82, 2.24) is 4.90 Å². The molecule has 0 aromatic heterocycles. The maximum absolute atomic E-state index is 11.1. The van der Waals surface area contributed by atoms with E-state index in [1.807, 2.05) is 18.2 Å². The summed E-state index contributed by atoms with van der Waals surface area (Å²) in [7, 11) is 0. The van der Waals surface area contributed by atoms with E-state index in [0.29, 0.717) is 6.04 Å². The highest BCUT2D eigenvalue weighted by atomic mass is 16.1. The first kappa shape index (κ1) is 15.8. The number of rotatable bonds is 5. The smallest absolute Gasteiger partial charge is 0.221 e. The predicted octanol–water partition coefficient (Wildman–Crippen LogP) is 3.18. The molecule has 1 aliphatic heterocycles. The van der Waals surface area contributed by atoms with E-state index >= 15 is 0 Å². The number of nitrogens with one attached hydrogen (secondary N) is 2. The number of nitrogens with zero attached hydrogens (tertiary/aromatic N) is 1. The Bertz CT molecular complexity index is 465. The molecule has 1 amide bonds. The van der Waals surface area contributed by atoms with Gasteiger partial charge in [0.05, 0.1) is 0 Å². The zero-order valence-corrected chi connectivity index (χ0v) is 13.4. The molecule has 0 spiro atoms. The highest BCUT2D eigenvalue weighted by molar-refractivity contribution is 5.89. The molecular formula is C17H27N3O. The van der Waals surface area contributed by atoms with Crippen molar-refractivity contribution in [2.24, 2.45) is 5.92 Å². The molecule has 1 heterocycles. The maximum atomic E-state index is 11.1. The molecule has 4 nitrogen and oxygen atoms in total. The van der Waals surface area contributed by atoms with Gasteiger partial charge in [-0.15, -0.1) is 0 Å². The lowest BCUT2D eigenvalue weighted by molar-refractivity contribution is -0.114. The third-order valence-electron chi connectivity index (χ3n) is 3.76. The van der Waals surface area contributed by atoms with Gasteiger partial charge in [-0.05, 0) is 37.0 Å². The molecule has 4 heteroatoms. The summed E-state index contributed by atoms with van der Waals surface area (Å²) in [6, 6.07) is 8.48. The fraction of sp³-hybridized carbons (Fsp3) is 0.588. The lowest BCUT2D eigenvalue weighted by atomic mass is 10.0. The number of piperidine rings is 1. The summed E-state index contributed by atoms with van der Waals surface area (Å²) in [5.41, 5.74) is 1.94. The normalized spacial score (nSPS) is 17.0. The van der Waals surface area contributed by atoms with Crippen LogP contribution in [0.15, 0.2) is 24.3 Å². The summed E-state index contributed by atoms with van der Waals surface area (Å²) in [5, 5.41) is 6.41. The van der Waals surface area contributed by atoms with Gasteiger partial charge in [0.15, 0.2) is 0 Å². The molecule has 0 bridgehead atoms. The van der Waals surface area contributed by atoms with Gasteiger partial charge < -0.3 is 15.5 Å². The Hall–Kier alpha value is -1.55. The van der Waals surface area contributed by atoms with Gasteiger partial charge in [-0.1, -0.05) is 19.9 Å². The highest BCUT2D eigenvalue weighted by Gasteiger charge is 2.19. The van der Waals surface area contributed by atoms with Crippen molar-refractivity contribution in [3.05, 3.63) is 24.3 Å². The predicted molar refractivity (Wildman–Crippen MR) is 88.7 cm³/mol. The van der Waals surface area contributed by atoms with Crippen molar-refractivity contribution in [1.29, 1.82) is 0 Å². The van der Waals surface area contributed by atoms with Crippen LogP contribution in [0.25, 0.3) is 0 Å². The van der Waals surface area contributed by atoms with Gasteiger partial charge >= 0.3 is 0 Å². The fourth-order valence-corrected chi connectivity index (χ4v) is 2.90. The SMILES string of the molecule is CC(=O)Nc1cccc(NC2CCN(CC(C)C)CC2)c1. The van der Waals surface area contributed by atoms with Crippen LogP contribution in [-0.2, 0) is 4.79 Å². The summed E-state index contributed by atoms with van der Waals surface area (Å²) in [5.74, 6) is 0.706. The van der Waals surface area contributed by atoms with Crippen molar-refractivity contribution < 1.29 is 4.79 Å². The molecular weight excluding hydrogens is 262 g/mol. The highest BCUT2D eigenvalue weighted by Crippen LogP contribution is 2.20. The molecule has 0 aliphatic carbocycles. The van der Waals surface area contributed by atoms with Crippen LogP contribution in [0.4, 0.5) is 11.4 Å². The maximum Gasteiger partial charge on any atom is 0.221 e. The van der Waals surface area contributed by atoms with Gasteiger partial charge in [0.1, 0.15) is 0 Å². The number of amides is 1. The first-order valence-corrected chi connectivity index (χ1v) is 7.89. The van der Waals surface area contributed by atoms with E-state index in [4.69, 9.17) is 0 Å². The van der Waals surface area contributed by atoms with Crippen molar-refractivity contribution in [2.45, 2.75) is 39.7 Å². The second kappa shape index (κ2) is 7.46. The lowest BCUT2D eigenvalue weighted by Gasteiger charge is -2.33. The first-order valence-electron chi connectivity index (χ1n) is 7.89. The Morgan fingerprint density at radius 2 is 1.95 bits per heavy atom. The van der Waals surface area contributed by atoms with Crippen LogP contribution < -0.4 is 10.6 Å². The Morgan fingerprint density at radius 3 is 2.57 bits per heavy atom. The molecule has 0 radical (unpaired) electrons. The zero-order chi connectivity index (χ0) is 15.2. The van der Waals surface area contributed by atoms with Gasteiger partial charge in [0.2, 0.25) is 5.91 Å². The molecule has 0 saturated carbocycles. The Kier molecular flexibility index (Phi) is 5.62. The topological polar surface area (TPSA) is 44.4 Å². The number of likely N-dealkylation sites (tertiary alicyclic amines) is 1. The number of carbonyl (C=O) groups is 1. The van der Waals surface area contributed by atoms with E-state index in [-0.39, 0.29) is 5.91 Å². The molecule has 21 heavy (non-hydrogen) atoms. The number of carbonyl (C=O) groups excluding carboxylic acids is 1. The molecule has 1 fully saturated rings. The molecule has 1 aliphatic rings. The van der Waals surface area contributed by atoms with E-state index < -0.39 is 0 Å². The van der Waals surface area contributed by atoms with Gasteiger partial charge in [-0.25, -0.2) is 0 Å². The molecule has 1 aromatic carbocycles. The standard InChI is InChI=1S/C17H27N3O/c1-13(2)12-20-9-7-15(8-10-20)19-17-6-4-5-16(11-17)18-14(3)21/h4-6,11,13,15,19H,7-10,12H2,1-3H3,(H,18,21). The molecule has 0 unspecified atom stereocenters. The summed E-state index contributed by atoms with van der Waals surface area (Å²) in [6.07, 6.45) is 2.36. The monoisotopic (exact) mass is 289 g/mol. The van der Waals surface area contributed by atoms with Crippen molar-refractivity contribution in [3.63, 3.8) is 0 Å². The van der Waals surface area contributed by atoms with E-state index in [1.54, 1.807) is 0 Å². The van der Waals surface area contributed by atoms with Crippen LogP contribution in [0.2, 0.25) is 0 Å². The summed E-state index contributed by atoms with van der Waals surface area (Å²) in [6.45, 7) is 9.62. The zero-order valence-electron chi connectivity index (χ0n) is 13.4. The van der Waals surface area contributed by atoms with Gasteiger partial charge in [-0.2, -0.15) is 0 Å². The number of anilines is 2. The Balaban J connectivity index is 1.84. The summed E-state index contributed by atoms with van der Waals surface area (Å²) >= 11 is 0. The fourth-order valence-electron chi connectivity index (χ4n) is 2.90. The average molecular weight is 289 g/mol. The van der Waals surface area contributed by atoms with Gasteiger partial charge in [0, 0.05) is 44.0 Å². The van der Waals surface area contributed by atoms with Crippen LogP contribution >= 0.6 is 0 Å². The van der Waals surface area contributed by atoms with E-state index in [1.165, 1.54) is 39.4 Å². The third kappa shape index (κ3) is 5.38. The molecule has 116 valence electrons. The van der Waals surface area contributed by atoms with Crippen LogP contribution in [-0.4, -0.2) is 36.5 Å². The molecule has 2 rings (SSSR count). The van der Waals surface area contributed by atoms with Crippen LogP contribution in [0.5, 0.6) is 0 Å². The number of hydrogen-bond acceptors (Lipinski definition) is 3. The summed E-state index contributed by atoms with van der Waals surface area (Å²) in [4.78, 5) is 13.7. The first-order chi connectivity index (χ1) is 10.0. The van der Waals surface area contributed by atoms with Crippen LogP contribution in [0.1, 0.15) is 33.6 Å². The average Bonchev–Trinajstić information content (AvgIpc) is 2.40. The van der Waals surface area contributed by atoms with Crippen LogP contribution in [0.3, 0.4) is 0 Å². The quantitative estimate of drug-likeness (QED) is 0.875. The second-order valence-electron chi connectivity index (χ2n) is 6.38. The van der Waals surface area contributed by atoms with E-state index in [2.05, 4.69) is 35.4 Å². The van der Waals surface area contributed by atoms with Crippen molar-refractivity contribution in [3.8, 4) is 0 Å². The van der Waals surface area contributed by atoms with Crippen molar-refractivity contribution >= 4 is 17.3 Å². The van der Waals surface area contributed by atoms with Gasteiger partial charge in [0.25, 0.3) is 0 Å². The third-order valence-corrected chi connectivity index (χ3v) is 3.76.